The highest BCUT2D eigenvalue weighted by Crippen LogP contribution is 2.02. The summed E-state index contributed by atoms with van der Waals surface area (Å²) in [6.45, 7) is 5.07. The Bertz CT molecular complexity index is 162. The fourth-order valence-electron chi connectivity index (χ4n) is 1.09. The average molecular weight is 219 g/mol. The van der Waals surface area contributed by atoms with Crippen molar-refractivity contribution >= 4 is 17.7 Å². The summed E-state index contributed by atoms with van der Waals surface area (Å²) in [5.74, 6) is 0.784. The summed E-state index contributed by atoms with van der Waals surface area (Å²) in [5, 5.41) is 12.0. The molecule has 0 spiro atoms. The minimum atomic E-state index is -0.734. The number of aliphatic carboxylic acids is 1. The molecule has 0 saturated carbocycles. The Hall–Kier alpha value is -0.220. The predicted molar refractivity (Wildman–Crippen MR) is 61.9 cm³/mol. The maximum Gasteiger partial charge on any atom is 0.320 e. The number of hydrogen-bond donors (Lipinski definition) is 2. The van der Waals surface area contributed by atoms with Gasteiger partial charge in [0.15, 0.2) is 0 Å². The first-order valence-electron chi connectivity index (χ1n) is 5.03. The molecule has 0 heterocycles. The molecule has 0 aromatic heterocycles. The van der Waals surface area contributed by atoms with Crippen LogP contribution < -0.4 is 5.32 Å². The maximum atomic E-state index is 10.8. The van der Waals surface area contributed by atoms with Crippen molar-refractivity contribution in [2.75, 3.05) is 18.6 Å². The van der Waals surface area contributed by atoms with E-state index in [0.717, 1.165) is 18.7 Å². The Morgan fingerprint density at radius 2 is 2.07 bits per heavy atom. The van der Waals surface area contributed by atoms with Gasteiger partial charge in [-0.25, -0.2) is 0 Å². The molecule has 0 aromatic rings. The van der Waals surface area contributed by atoms with Crippen molar-refractivity contribution in [2.24, 2.45) is 5.92 Å². The summed E-state index contributed by atoms with van der Waals surface area (Å²) in [7, 11) is 0. The van der Waals surface area contributed by atoms with Crippen molar-refractivity contribution in [1.29, 1.82) is 0 Å². The molecule has 0 fully saturated rings. The molecule has 0 saturated heterocycles. The van der Waals surface area contributed by atoms with Gasteiger partial charge in [0.05, 0.1) is 0 Å². The number of nitrogens with one attached hydrogen (secondary N) is 1. The lowest BCUT2D eigenvalue weighted by atomic mass is 10.1. The standard InChI is InChI=1S/C10H21NO2S/c1-8(2)4-6-11-9(10(12)13)5-7-14-3/h8-9,11H,4-7H2,1-3H3,(H,12,13). The Morgan fingerprint density at radius 1 is 1.43 bits per heavy atom. The van der Waals surface area contributed by atoms with Crippen LogP contribution in [0.15, 0.2) is 0 Å². The number of hydrogen-bond acceptors (Lipinski definition) is 3. The average Bonchev–Trinajstić information content (AvgIpc) is 2.09. The zero-order chi connectivity index (χ0) is 11.0. The van der Waals surface area contributed by atoms with Crippen LogP contribution in [0.25, 0.3) is 0 Å². The SMILES string of the molecule is CSCCC(NCCC(C)C)C(=O)O. The molecule has 2 N–H and O–H groups in total. The lowest BCUT2D eigenvalue weighted by Crippen LogP contribution is -2.38. The fourth-order valence-corrected chi connectivity index (χ4v) is 1.57. The summed E-state index contributed by atoms with van der Waals surface area (Å²) >= 11 is 1.68. The minimum absolute atomic E-state index is 0.374. The van der Waals surface area contributed by atoms with Gasteiger partial charge in [0.2, 0.25) is 0 Å². The van der Waals surface area contributed by atoms with Gasteiger partial charge < -0.3 is 10.4 Å². The molecule has 0 bridgehead atoms. The number of carbonyl (C=O) groups is 1. The highest BCUT2D eigenvalue weighted by molar-refractivity contribution is 7.98. The van der Waals surface area contributed by atoms with Gasteiger partial charge in [-0.3, -0.25) is 4.79 Å². The first kappa shape index (κ1) is 13.8. The number of carboxylic acid groups (broad SMARTS) is 1. The molecule has 84 valence electrons. The number of thioether (sulfide) groups is 1. The largest absolute Gasteiger partial charge is 0.480 e. The zero-order valence-electron chi connectivity index (χ0n) is 9.25. The van der Waals surface area contributed by atoms with E-state index in [4.69, 9.17) is 5.11 Å². The topological polar surface area (TPSA) is 49.3 Å². The maximum absolute atomic E-state index is 10.8. The van der Waals surface area contributed by atoms with Crippen molar-refractivity contribution < 1.29 is 9.90 Å². The quantitative estimate of drug-likeness (QED) is 0.654. The smallest absolute Gasteiger partial charge is 0.320 e. The molecule has 3 nitrogen and oxygen atoms in total. The predicted octanol–water partition coefficient (Wildman–Crippen LogP) is 1.83. The van der Waals surface area contributed by atoms with E-state index in [1.165, 1.54) is 0 Å². The third kappa shape index (κ3) is 7.21. The summed E-state index contributed by atoms with van der Waals surface area (Å²) in [6.07, 6.45) is 3.73. The third-order valence-corrected chi connectivity index (χ3v) is 2.67. The van der Waals surface area contributed by atoms with Crippen LogP contribution in [0.2, 0.25) is 0 Å². The molecule has 1 unspecified atom stereocenters. The van der Waals surface area contributed by atoms with Crippen molar-refractivity contribution in [2.45, 2.75) is 32.7 Å². The Kier molecular flexibility index (Phi) is 7.99. The van der Waals surface area contributed by atoms with Gasteiger partial charge in [-0.2, -0.15) is 11.8 Å². The highest BCUT2D eigenvalue weighted by atomic mass is 32.2. The monoisotopic (exact) mass is 219 g/mol. The highest BCUT2D eigenvalue weighted by Gasteiger charge is 2.15. The van der Waals surface area contributed by atoms with E-state index in [2.05, 4.69) is 19.2 Å². The minimum Gasteiger partial charge on any atom is -0.480 e. The van der Waals surface area contributed by atoms with Crippen molar-refractivity contribution in [3.05, 3.63) is 0 Å². The summed E-state index contributed by atoms with van der Waals surface area (Å²) in [4.78, 5) is 10.8. The number of carboxylic acids is 1. The molecule has 0 amide bonds. The van der Waals surface area contributed by atoms with E-state index >= 15 is 0 Å². The van der Waals surface area contributed by atoms with Gasteiger partial charge in [0.25, 0.3) is 0 Å². The van der Waals surface area contributed by atoms with Crippen LogP contribution in [0.5, 0.6) is 0 Å². The fraction of sp³-hybridized carbons (Fsp3) is 0.900. The second-order valence-electron chi connectivity index (χ2n) is 3.81. The lowest BCUT2D eigenvalue weighted by molar-refractivity contribution is -0.139. The Labute approximate surface area is 90.7 Å². The van der Waals surface area contributed by atoms with Crippen LogP contribution in [0.4, 0.5) is 0 Å². The van der Waals surface area contributed by atoms with E-state index in [1.54, 1.807) is 11.8 Å². The summed E-state index contributed by atoms with van der Waals surface area (Å²) in [5.41, 5.74) is 0. The van der Waals surface area contributed by atoms with E-state index in [1.807, 2.05) is 6.26 Å². The van der Waals surface area contributed by atoms with E-state index in [9.17, 15) is 4.79 Å². The molecule has 0 aromatic carbocycles. The van der Waals surface area contributed by atoms with Gasteiger partial charge in [-0.1, -0.05) is 13.8 Å². The molecule has 0 aliphatic carbocycles. The van der Waals surface area contributed by atoms with Crippen molar-refractivity contribution in [1.82, 2.24) is 5.32 Å². The van der Waals surface area contributed by atoms with E-state index in [0.29, 0.717) is 12.3 Å². The molecule has 14 heavy (non-hydrogen) atoms. The van der Waals surface area contributed by atoms with Crippen LogP contribution in [-0.4, -0.2) is 35.7 Å². The van der Waals surface area contributed by atoms with Crippen LogP contribution in [-0.2, 0) is 4.79 Å². The van der Waals surface area contributed by atoms with Crippen molar-refractivity contribution in [3.8, 4) is 0 Å². The van der Waals surface area contributed by atoms with Crippen LogP contribution in [0, 0.1) is 5.92 Å². The third-order valence-electron chi connectivity index (χ3n) is 2.02. The van der Waals surface area contributed by atoms with Gasteiger partial charge in [0, 0.05) is 0 Å². The van der Waals surface area contributed by atoms with Gasteiger partial charge in [-0.15, -0.1) is 0 Å². The molecule has 0 aliphatic rings. The lowest BCUT2D eigenvalue weighted by Gasteiger charge is -2.14. The molecular weight excluding hydrogens is 198 g/mol. The van der Waals surface area contributed by atoms with Crippen LogP contribution in [0.1, 0.15) is 26.7 Å². The molecule has 1 atom stereocenters. The first-order valence-corrected chi connectivity index (χ1v) is 6.42. The molecular formula is C10H21NO2S. The molecule has 0 radical (unpaired) electrons. The second-order valence-corrected chi connectivity index (χ2v) is 4.79. The second kappa shape index (κ2) is 8.12. The van der Waals surface area contributed by atoms with Crippen molar-refractivity contribution in [3.63, 3.8) is 0 Å². The number of rotatable bonds is 8. The Balaban J connectivity index is 3.68. The molecule has 0 aliphatic heterocycles. The van der Waals surface area contributed by atoms with E-state index in [-0.39, 0.29) is 6.04 Å². The summed E-state index contributed by atoms with van der Waals surface area (Å²) in [6, 6.07) is -0.374. The summed E-state index contributed by atoms with van der Waals surface area (Å²) < 4.78 is 0. The normalized spacial score (nSPS) is 13.1. The van der Waals surface area contributed by atoms with Crippen LogP contribution in [0.3, 0.4) is 0 Å². The van der Waals surface area contributed by atoms with Gasteiger partial charge >= 0.3 is 5.97 Å². The van der Waals surface area contributed by atoms with Crippen LogP contribution >= 0.6 is 11.8 Å². The zero-order valence-corrected chi connectivity index (χ0v) is 10.1. The molecule has 0 rings (SSSR count). The van der Waals surface area contributed by atoms with Gasteiger partial charge in [0.1, 0.15) is 6.04 Å². The van der Waals surface area contributed by atoms with E-state index < -0.39 is 5.97 Å². The molecule has 4 heteroatoms. The Morgan fingerprint density at radius 3 is 2.50 bits per heavy atom. The van der Waals surface area contributed by atoms with Gasteiger partial charge in [-0.05, 0) is 37.3 Å². The first-order chi connectivity index (χ1) is 6.57.